The summed E-state index contributed by atoms with van der Waals surface area (Å²) >= 11 is 0. The molecular weight excluding hydrogens is 222 g/mol. The first-order valence-corrected chi connectivity index (χ1v) is 5.35. The number of carbonyl (C=O) groups excluding carboxylic acids is 2. The maximum absolute atomic E-state index is 11.5. The standard InChI is InChI=1S/C11H15N3O3/c12-10(16)3-1-2-5-14-11(17)8-7-13-6-4-9(8)15/h4,6-7H,1-3,5H2,(H2,12,16)(H,13,15)(H,14,17). The van der Waals surface area contributed by atoms with E-state index in [9.17, 15) is 14.4 Å². The number of unbranched alkanes of at least 4 members (excludes halogenated alkanes) is 1. The van der Waals surface area contributed by atoms with Gasteiger partial charge in [0, 0.05) is 31.4 Å². The average Bonchev–Trinajstić information content (AvgIpc) is 2.28. The van der Waals surface area contributed by atoms with Crippen LogP contribution in [0.2, 0.25) is 0 Å². The van der Waals surface area contributed by atoms with Gasteiger partial charge in [-0.2, -0.15) is 0 Å². The number of aromatic nitrogens is 1. The second-order valence-electron chi connectivity index (χ2n) is 3.60. The van der Waals surface area contributed by atoms with Crippen molar-refractivity contribution in [3.63, 3.8) is 0 Å². The molecule has 0 fully saturated rings. The van der Waals surface area contributed by atoms with E-state index in [0.29, 0.717) is 25.8 Å². The minimum absolute atomic E-state index is 0.0856. The zero-order chi connectivity index (χ0) is 12.7. The monoisotopic (exact) mass is 237 g/mol. The number of hydrogen-bond donors (Lipinski definition) is 3. The maximum Gasteiger partial charge on any atom is 0.256 e. The lowest BCUT2D eigenvalue weighted by molar-refractivity contribution is -0.118. The fraction of sp³-hybridized carbons (Fsp3) is 0.364. The molecule has 1 aromatic heterocycles. The van der Waals surface area contributed by atoms with E-state index in [0.717, 1.165) is 0 Å². The molecule has 1 aromatic rings. The lowest BCUT2D eigenvalue weighted by Gasteiger charge is -2.03. The van der Waals surface area contributed by atoms with Crippen molar-refractivity contribution in [2.24, 2.45) is 5.73 Å². The van der Waals surface area contributed by atoms with E-state index < -0.39 is 5.91 Å². The first kappa shape index (κ1) is 13.0. The van der Waals surface area contributed by atoms with Crippen molar-refractivity contribution in [2.75, 3.05) is 6.54 Å². The number of hydrogen-bond acceptors (Lipinski definition) is 3. The summed E-state index contributed by atoms with van der Waals surface area (Å²) in [7, 11) is 0. The van der Waals surface area contributed by atoms with Gasteiger partial charge in [-0.1, -0.05) is 0 Å². The van der Waals surface area contributed by atoms with Crippen LogP contribution >= 0.6 is 0 Å². The lowest BCUT2D eigenvalue weighted by atomic mass is 10.2. The Labute approximate surface area is 98.2 Å². The first-order valence-electron chi connectivity index (χ1n) is 5.35. The summed E-state index contributed by atoms with van der Waals surface area (Å²) in [6.07, 6.45) is 4.41. The topological polar surface area (TPSA) is 105 Å². The molecule has 92 valence electrons. The molecule has 1 rings (SSSR count). The van der Waals surface area contributed by atoms with Gasteiger partial charge in [0.1, 0.15) is 5.56 Å². The van der Waals surface area contributed by atoms with Crippen LogP contribution in [0.3, 0.4) is 0 Å². The molecule has 0 atom stereocenters. The van der Waals surface area contributed by atoms with Gasteiger partial charge in [-0.15, -0.1) is 0 Å². The fourth-order valence-corrected chi connectivity index (χ4v) is 1.31. The molecule has 0 bridgehead atoms. The molecule has 0 aliphatic carbocycles. The lowest BCUT2D eigenvalue weighted by Crippen LogP contribution is -2.29. The molecule has 17 heavy (non-hydrogen) atoms. The Hall–Kier alpha value is -2.11. The van der Waals surface area contributed by atoms with Crippen molar-refractivity contribution in [3.8, 4) is 0 Å². The van der Waals surface area contributed by atoms with Crippen LogP contribution in [0.25, 0.3) is 0 Å². The first-order chi connectivity index (χ1) is 8.11. The van der Waals surface area contributed by atoms with Crippen LogP contribution in [0.1, 0.15) is 29.6 Å². The highest BCUT2D eigenvalue weighted by molar-refractivity contribution is 5.93. The second kappa shape index (κ2) is 6.47. The van der Waals surface area contributed by atoms with E-state index in [1.165, 1.54) is 18.5 Å². The molecule has 0 spiro atoms. The van der Waals surface area contributed by atoms with Crippen molar-refractivity contribution in [1.82, 2.24) is 10.3 Å². The van der Waals surface area contributed by atoms with E-state index >= 15 is 0 Å². The van der Waals surface area contributed by atoms with Crippen molar-refractivity contribution in [3.05, 3.63) is 34.2 Å². The van der Waals surface area contributed by atoms with Crippen molar-refractivity contribution < 1.29 is 9.59 Å². The minimum atomic E-state index is -0.411. The molecule has 0 saturated carbocycles. The van der Waals surface area contributed by atoms with E-state index in [1.807, 2.05) is 0 Å². The van der Waals surface area contributed by atoms with Crippen molar-refractivity contribution in [2.45, 2.75) is 19.3 Å². The van der Waals surface area contributed by atoms with Crippen LogP contribution in [-0.2, 0) is 4.79 Å². The largest absolute Gasteiger partial charge is 0.370 e. The average molecular weight is 237 g/mol. The highest BCUT2D eigenvalue weighted by Crippen LogP contribution is 1.93. The molecule has 0 saturated heterocycles. The number of pyridine rings is 1. The van der Waals surface area contributed by atoms with E-state index in [-0.39, 0.29) is 16.9 Å². The second-order valence-corrected chi connectivity index (χ2v) is 3.60. The Balaban J connectivity index is 2.33. The van der Waals surface area contributed by atoms with Gasteiger partial charge in [-0.3, -0.25) is 14.4 Å². The zero-order valence-corrected chi connectivity index (χ0v) is 9.36. The van der Waals surface area contributed by atoms with Gasteiger partial charge in [0.15, 0.2) is 5.43 Å². The van der Waals surface area contributed by atoms with Crippen LogP contribution in [0.4, 0.5) is 0 Å². The predicted molar refractivity (Wildman–Crippen MR) is 62.4 cm³/mol. The predicted octanol–water partition coefficient (Wildman–Crippen LogP) is -0.240. The van der Waals surface area contributed by atoms with Gasteiger partial charge in [0.05, 0.1) is 0 Å². The van der Waals surface area contributed by atoms with E-state index in [2.05, 4.69) is 10.3 Å². The Kier molecular flexibility index (Phi) is 4.93. The molecule has 6 nitrogen and oxygen atoms in total. The quantitative estimate of drug-likeness (QED) is 0.594. The number of aromatic amines is 1. The number of nitrogens with two attached hydrogens (primary N) is 1. The summed E-state index contributed by atoms with van der Waals surface area (Å²) < 4.78 is 0. The summed E-state index contributed by atoms with van der Waals surface area (Å²) in [5, 5.41) is 2.60. The molecule has 0 unspecified atom stereocenters. The molecule has 0 aliphatic heterocycles. The Morgan fingerprint density at radius 2 is 2.12 bits per heavy atom. The SMILES string of the molecule is NC(=O)CCCCNC(=O)c1c[nH]ccc1=O. The summed E-state index contributed by atoms with van der Waals surface area (Å²) in [4.78, 5) is 36.0. The third-order valence-corrected chi connectivity index (χ3v) is 2.20. The molecular formula is C11H15N3O3. The highest BCUT2D eigenvalue weighted by atomic mass is 16.2. The molecule has 2 amide bonds. The van der Waals surface area contributed by atoms with Gasteiger partial charge in [0.2, 0.25) is 5.91 Å². The fourth-order valence-electron chi connectivity index (χ4n) is 1.31. The molecule has 0 radical (unpaired) electrons. The van der Waals surface area contributed by atoms with Crippen LogP contribution in [0, 0.1) is 0 Å². The van der Waals surface area contributed by atoms with Gasteiger partial charge < -0.3 is 16.0 Å². The Bertz CT molecular complexity index is 453. The van der Waals surface area contributed by atoms with Crippen molar-refractivity contribution in [1.29, 1.82) is 0 Å². The molecule has 6 heteroatoms. The molecule has 0 aliphatic rings. The van der Waals surface area contributed by atoms with Gasteiger partial charge in [0.25, 0.3) is 5.91 Å². The third-order valence-electron chi connectivity index (χ3n) is 2.20. The number of amides is 2. The van der Waals surface area contributed by atoms with Gasteiger partial charge >= 0.3 is 0 Å². The highest BCUT2D eigenvalue weighted by Gasteiger charge is 2.07. The summed E-state index contributed by atoms with van der Waals surface area (Å²) in [6.45, 7) is 0.417. The molecule has 0 aromatic carbocycles. The number of nitrogens with one attached hydrogen (secondary N) is 2. The van der Waals surface area contributed by atoms with Crippen LogP contribution in [0.5, 0.6) is 0 Å². The number of carbonyl (C=O) groups is 2. The summed E-state index contributed by atoms with van der Waals surface area (Å²) in [5.41, 5.74) is 4.74. The van der Waals surface area contributed by atoms with Gasteiger partial charge in [-0.25, -0.2) is 0 Å². The maximum atomic E-state index is 11.5. The van der Waals surface area contributed by atoms with Crippen molar-refractivity contribution >= 4 is 11.8 Å². The van der Waals surface area contributed by atoms with Crippen LogP contribution < -0.4 is 16.5 Å². The number of primary amides is 1. The van der Waals surface area contributed by atoms with Gasteiger partial charge in [-0.05, 0) is 12.8 Å². The Morgan fingerprint density at radius 3 is 2.76 bits per heavy atom. The zero-order valence-electron chi connectivity index (χ0n) is 9.36. The number of H-pyrrole nitrogens is 1. The van der Waals surface area contributed by atoms with E-state index in [1.54, 1.807) is 0 Å². The van der Waals surface area contributed by atoms with E-state index in [4.69, 9.17) is 5.73 Å². The molecule has 1 heterocycles. The van der Waals surface area contributed by atoms with Crippen LogP contribution in [0.15, 0.2) is 23.3 Å². The Morgan fingerprint density at radius 1 is 1.35 bits per heavy atom. The molecule has 4 N–H and O–H groups in total. The minimum Gasteiger partial charge on any atom is -0.370 e. The normalized spacial score (nSPS) is 9.88. The summed E-state index contributed by atoms with van der Waals surface area (Å²) in [6, 6.07) is 1.29. The van der Waals surface area contributed by atoms with Crippen LogP contribution in [-0.4, -0.2) is 23.3 Å². The third kappa shape index (κ3) is 4.50. The summed E-state index contributed by atoms with van der Waals surface area (Å²) in [5.74, 6) is -0.762. The number of rotatable bonds is 6. The smallest absolute Gasteiger partial charge is 0.256 e.